The van der Waals surface area contributed by atoms with Gasteiger partial charge in [0, 0.05) is 18.9 Å². The molecule has 0 aliphatic carbocycles. The van der Waals surface area contributed by atoms with Crippen molar-refractivity contribution in [2.24, 2.45) is 17.6 Å². The van der Waals surface area contributed by atoms with Crippen LogP contribution in [-0.4, -0.2) is 12.3 Å². The first kappa shape index (κ1) is 14.1. The molecule has 1 aromatic carbocycles. The Kier molecular flexibility index (Phi) is 5.09. The number of hydrogen-bond acceptors (Lipinski definition) is 2. The van der Waals surface area contributed by atoms with Crippen molar-refractivity contribution in [2.75, 3.05) is 6.54 Å². The molecule has 17 heavy (non-hydrogen) atoms. The molecular formula is C13H17ClFNO. The second kappa shape index (κ2) is 6.12. The van der Waals surface area contributed by atoms with Crippen LogP contribution in [0.2, 0.25) is 5.02 Å². The van der Waals surface area contributed by atoms with Crippen LogP contribution in [0, 0.1) is 17.7 Å². The fourth-order valence-electron chi connectivity index (χ4n) is 1.78. The van der Waals surface area contributed by atoms with Gasteiger partial charge in [-0.15, -0.1) is 0 Å². The minimum atomic E-state index is -0.512. The summed E-state index contributed by atoms with van der Waals surface area (Å²) in [7, 11) is 0. The Morgan fingerprint density at radius 3 is 2.65 bits per heavy atom. The lowest BCUT2D eigenvalue weighted by atomic mass is 9.88. The van der Waals surface area contributed by atoms with Gasteiger partial charge in [0.2, 0.25) is 0 Å². The number of halogens is 2. The zero-order valence-electron chi connectivity index (χ0n) is 10.0. The molecule has 1 rings (SSSR count). The second-order valence-electron chi connectivity index (χ2n) is 4.44. The monoisotopic (exact) mass is 257 g/mol. The lowest BCUT2D eigenvalue weighted by molar-refractivity contribution is -0.123. The largest absolute Gasteiger partial charge is 0.330 e. The molecule has 0 aliphatic heterocycles. The van der Waals surface area contributed by atoms with Crippen LogP contribution in [0.3, 0.4) is 0 Å². The maximum atomic E-state index is 13.6. The van der Waals surface area contributed by atoms with E-state index >= 15 is 0 Å². The summed E-state index contributed by atoms with van der Waals surface area (Å²) in [6, 6.07) is 4.68. The third-order valence-electron chi connectivity index (χ3n) is 2.87. The first-order valence-corrected chi connectivity index (χ1v) is 6.00. The summed E-state index contributed by atoms with van der Waals surface area (Å²) in [6.07, 6.45) is 0.0481. The summed E-state index contributed by atoms with van der Waals surface area (Å²) in [5, 5.41) is 0.0455. The van der Waals surface area contributed by atoms with Crippen LogP contribution in [0.15, 0.2) is 18.2 Å². The highest BCUT2D eigenvalue weighted by atomic mass is 35.5. The van der Waals surface area contributed by atoms with Gasteiger partial charge >= 0.3 is 0 Å². The number of carbonyl (C=O) groups excluding carboxylic acids is 1. The van der Waals surface area contributed by atoms with Gasteiger partial charge in [0.15, 0.2) is 0 Å². The number of nitrogens with two attached hydrogens (primary N) is 1. The predicted octanol–water partition coefficient (Wildman–Crippen LogP) is 2.82. The van der Waals surface area contributed by atoms with E-state index in [1.165, 1.54) is 6.07 Å². The zero-order valence-corrected chi connectivity index (χ0v) is 10.8. The molecule has 0 spiro atoms. The molecule has 94 valence electrons. The maximum absolute atomic E-state index is 13.6. The molecule has 2 N–H and O–H groups in total. The molecule has 0 radical (unpaired) electrons. The van der Waals surface area contributed by atoms with E-state index < -0.39 is 5.82 Å². The molecule has 0 saturated carbocycles. The van der Waals surface area contributed by atoms with Crippen LogP contribution in [0.4, 0.5) is 4.39 Å². The van der Waals surface area contributed by atoms with Crippen LogP contribution in [0.1, 0.15) is 19.4 Å². The fourth-order valence-corrected chi connectivity index (χ4v) is 1.97. The Labute approximate surface area is 106 Å². The highest BCUT2D eigenvalue weighted by Gasteiger charge is 2.21. The van der Waals surface area contributed by atoms with Crippen LogP contribution < -0.4 is 5.73 Å². The third kappa shape index (κ3) is 3.51. The van der Waals surface area contributed by atoms with E-state index in [4.69, 9.17) is 17.3 Å². The Bertz CT molecular complexity index is 406. The molecule has 1 aromatic rings. The van der Waals surface area contributed by atoms with Crippen molar-refractivity contribution in [1.82, 2.24) is 0 Å². The highest BCUT2D eigenvalue weighted by Crippen LogP contribution is 2.20. The Morgan fingerprint density at radius 1 is 1.47 bits per heavy atom. The molecule has 1 atom stereocenters. The predicted molar refractivity (Wildman–Crippen MR) is 67.5 cm³/mol. The summed E-state index contributed by atoms with van der Waals surface area (Å²) in [5.41, 5.74) is 5.89. The van der Waals surface area contributed by atoms with Crippen molar-refractivity contribution < 1.29 is 9.18 Å². The SMILES string of the molecule is CC(C)C(CN)C(=O)Cc1cccc(Cl)c1F. The topological polar surface area (TPSA) is 43.1 Å². The van der Waals surface area contributed by atoms with Crippen molar-refractivity contribution in [1.29, 1.82) is 0 Å². The highest BCUT2D eigenvalue weighted by molar-refractivity contribution is 6.30. The average molecular weight is 258 g/mol. The smallest absolute Gasteiger partial charge is 0.145 e. The molecule has 0 bridgehead atoms. The average Bonchev–Trinajstić information content (AvgIpc) is 2.25. The minimum absolute atomic E-state index is 0.0383. The Balaban J connectivity index is 2.84. The van der Waals surface area contributed by atoms with E-state index in [0.29, 0.717) is 12.1 Å². The van der Waals surface area contributed by atoms with E-state index in [0.717, 1.165) is 0 Å². The van der Waals surface area contributed by atoms with Gasteiger partial charge in [0.1, 0.15) is 11.6 Å². The Morgan fingerprint density at radius 2 is 2.12 bits per heavy atom. The van der Waals surface area contributed by atoms with Crippen molar-refractivity contribution in [3.05, 3.63) is 34.6 Å². The summed E-state index contributed by atoms with van der Waals surface area (Å²) in [5.74, 6) is -0.617. The van der Waals surface area contributed by atoms with Gasteiger partial charge < -0.3 is 5.73 Å². The zero-order chi connectivity index (χ0) is 13.0. The van der Waals surface area contributed by atoms with Gasteiger partial charge in [-0.25, -0.2) is 4.39 Å². The third-order valence-corrected chi connectivity index (χ3v) is 3.16. The van der Waals surface area contributed by atoms with Gasteiger partial charge in [-0.2, -0.15) is 0 Å². The van der Waals surface area contributed by atoms with Gasteiger partial charge in [-0.1, -0.05) is 37.6 Å². The van der Waals surface area contributed by atoms with Crippen molar-refractivity contribution >= 4 is 17.4 Å². The molecular weight excluding hydrogens is 241 g/mol. The maximum Gasteiger partial charge on any atom is 0.145 e. The van der Waals surface area contributed by atoms with Crippen molar-refractivity contribution in [2.45, 2.75) is 20.3 Å². The summed E-state index contributed by atoms with van der Waals surface area (Å²) >= 11 is 5.66. The quantitative estimate of drug-likeness (QED) is 0.881. The first-order valence-electron chi connectivity index (χ1n) is 5.63. The molecule has 0 fully saturated rings. The van der Waals surface area contributed by atoms with Gasteiger partial charge in [0.05, 0.1) is 5.02 Å². The molecule has 4 heteroatoms. The second-order valence-corrected chi connectivity index (χ2v) is 4.85. The molecule has 0 heterocycles. The van der Waals surface area contributed by atoms with Crippen LogP contribution >= 0.6 is 11.6 Å². The molecule has 0 amide bonds. The minimum Gasteiger partial charge on any atom is -0.330 e. The molecule has 0 saturated heterocycles. The van der Waals surface area contributed by atoms with E-state index in [-0.39, 0.29) is 29.1 Å². The molecule has 0 aliphatic rings. The van der Waals surface area contributed by atoms with Crippen LogP contribution in [-0.2, 0) is 11.2 Å². The lowest BCUT2D eigenvalue weighted by Crippen LogP contribution is -2.29. The van der Waals surface area contributed by atoms with E-state index in [1.807, 2.05) is 13.8 Å². The van der Waals surface area contributed by atoms with Gasteiger partial charge in [-0.05, 0) is 17.5 Å². The van der Waals surface area contributed by atoms with Gasteiger partial charge in [-0.3, -0.25) is 4.79 Å². The van der Waals surface area contributed by atoms with E-state index in [9.17, 15) is 9.18 Å². The standard InChI is InChI=1S/C13H17ClFNO/c1-8(2)10(7-16)12(17)6-9-4-3-5-11(14)13(9)15/h3-5,8,10H,6-7,16H2,1-2H3. The lowest BCUT2D eigenvalue weighted by Gasteiger charge is -2.17. The van der Waals surface area contributed by atoms with E-state index in [1.54, 1.807) is 12.1 Å². The fraction of sp³-hybridized carbons (Fsp3) is 0.462. The number of ketones is 1. The molecule has 0 aromatic heterocycles. The Hall–Kier alpha value is -0.930. The number of hydrogen-bond donors (Lipinski definition) is 1. The van der Waals surface area contributed by atoms with Crippen LogP contribution in [0.5, 0.6) is 0 Å². The number of rotatable bonds is 5. The van der Waals surface area contributed by atoms with Crippen molar-refractivity contribution in [3.63, 3.8) is 0 Å². The summed E-state index contributed by atoms with van der Waals surface area (Å²) in [4.78, 5) is 12.0. The van der Waals surface area contributed by atoms with Crippen molar-refractivity contribution in [3.8, 4) is 0 Å². The summed E-state index contributed by atoms with van der Waals surface area (Å²) < 4.78 is 13.6. The number of carbonyl (C=O) groups is 1. The first-order chi connectivity index (χ1) is 7.97. The summed E-state index contributed by atoms with van der Waals surface area (Å²) in [6.45, 7) is 4.16. The number of benzene rings is 1. The van der Waals surface area contributed by atoms with E-state index in [2.05, 4.69) is 0 Å². The molecule has 1 unspecified atom stereocenters. The molecule has 2 nitrogen and oxygen atoms in total. The van der Waals surface area contributed by atoms with Crippen LogP contribution in [0.25, 0.3) is 0 Å². The number of Topliss-reactive ketones (excluding diaryl/α,β-unsaturated/α-hetero) is 1. The van der Waals surface area contributed by atoms with Gasteiger partial charge in [0.25, 0.3) is 0 Å². The normalized spacial score (nSPS) is 12.8.